The average molecular weight is 346 g/mol. The van der Waals surface area contributed by atoms with Crippen LogP contribution in [0.4, 0.5) is 0 Å². The Morgan fingerprint density at radius 3 is 2.75 bits per heavy atom. The van der Waals surface area contributed by atoms with Crippen LogP contribution in [0.5, 0.6) is 11.5 Å². The van der Waals surface area contributed by atoms with Crippen LogP contribution in [0.15, 0.2) is 43.1 Å². The molecule has 0 spiro atoms. The van der Waals surface area contributed by atoms with E-state index in [4.69, 9.17) is 22.1 Å². The van der Waals surface area contributed by atoms with Gasteiger partial charge in [0.2, 0.25) is 0 Å². The highest BCUT2D eigenvalue weighted by molar-refractivity contribution is 6.32. The second kappa shape index (κ2) is 9.30. The van der Waals surface area contributed by atoms with E-state index in [1.54, 1.807) is 18.3 Å². The minimum atomic E-state index is 0.426. The fourth-order valence-electron chi connectivity index (χ4n) is 2.23. The molecule has 0 amide bonds. The van der Waals surface area contributed by atoms with Gasteiger partial charge in [0.15, 0.2) is 0 Å². The van der Waals surface area contributed by atoms with Crippen LogP contribution in [0.1, 0.15) is 37.4 Å². The van der Waals surface area contributed by atoms with Crippen molar-refractivity contribution in [2.45, 2.75) is 32.7 Å². The fourth-order valence-corrected chi connectivity index (χ4v) is 2.47. The summed E-state index contributed by atoms with van der Waals surface area (Å²) < 4.78 is 5.77. The first kappa shape index (κ1) is 18.3. The van der Waals surface area contributed by atoms with Gasteiger partial charge in [-0.25, -0.2) is 0 Å². The normalized spacial score (nSPS) is 10.6. The van der Waals surface area contributed by atoms with Crippen molar-refractivity contribution < 1.29 is 4.74 Å². The molecule has 0 saturated carbocycles. The zero-order chi connectivity index (χ0) is 17.4. The quantitative estimate of drug-likeness (QED) is 0.644. The van der Waals surface area contributed by atoms with Gasteiger partial charge in [0, 0.05) is 6.54 Å². The van der Waals surface area contributed by atoms with E-state index in [1.807, 2.05) is 18.2 Å². The molecule has 128 valence electrons. The molecular weight excluding hydrogens is 322 g/mol. The first-order valence-electron chi connectivity index (χ1n) is 8.18. The summed E-state index contributed by atoms with van der Waals surface area (Å²) >= 11 is 6.32. The van der Waals surface area contributed by atoms with Gasteiger partial charge in [-0.1, -0.05) is 44.0 Å². The second-order valence-corrected chi connectivity index (χ2v) is 6.06. The summed E-state index contributed by atoms with van der Waals surface area (Å²) in [5, 5.41) is 4.00. The molecule has 0 aliphatic heterocycles. The molecule has 24 heavy (non-hydrogen) atoms. The number of unbranched alkanes of at least 4 members (excludes halogenated alkanes) is 2. The van der Waals surface area contributed by atoms with E-state index < -0.39 is 0 Å². The van der Waals surface area contributed by atoms with Crippen LogP contribution in [0, 0.1) is 0 Å². The number of aromatic nitrogens is 1. The SMILES string of the molecule is C=C(N)c1ccc(Oc2ccc(CNCCCCC)cc2Cl)cn1. The van der Waals surface area contributed by atoms with E-state index in [-0.39, 0.29) is 0 Å². The molecule has 0 atom stereocenters. The van der Waals surface area contributed by atoms with Crippen LogP contribution in [0.2, 0.25) is 5.02 Å². The summed E-state index contributed by atoms with van der Waals surface area (Å²) in [5.41, 5.74) is 7.80. The fraction of sp³-hybridized carbons (Fsp3) is 0.316. The molecule has 5 heteroatoms. The second-order valence-electron chi connectivity index (χ2n) is 5.66. The Hall–Kier alpha value is -2.04. The van der Waals surface area contributed by atoms with E-state index >= 15 is 0 Å². The maximum Gasteiger partial charge on any atom is 0.146 e. The van der Waals surface area contributed by atoms with Crippen LogP contribution in [-0.2, 0) is 6.54 Å². The number of nitrogens with one attached hydrogen (secondary N) is 1. The lowest BCUT2D eigenvalue weighted by atomic mass is 10.2. The van der Waals surface area contributed by atoms with Crippen molar-refractivity contribution >= 4 is 17.3 Å². The highest BCUT2D eigenvalue weighted by atomic mass is 35.5. The molecule has 3 N–H and O–H groups in total. The standard InChI is InChI=1S/C19H24ClN3O/c1-3-4-5-10-22-12-15-6-9-19(17(20)11-15)24-16-7-8-18(14(2)21)23-13-16/h6-9,11,13,22H,2-5,10,12,21H2,1H3. The summed E-state index contributed by atoms with van der Waals surface area (Å²) in [6.45, 7) is 7.68. The Balaban J connectivity index is 1.93. The van der Waals surface area contributed by atoms with Crippen LogP contribution < -0.4 is 15.8 Å². The van der Waals surface area contributed by atoms with Gasteiger partial charge >= 0.3 is 0 Å². The number of benzene rings is 1. The summed E-state index contributed by atoms with van der Waals surface area (Å²) in [7, 11) is 0. The van der Waals surface area contributed by atoms with Gasteiger partial charge in [-0.2, -0.15) is 0 Å². The largest absolute Gasteiger partial charge is 0.454 e. The summed E-state index contributed by atoms with van der Waals surface area (Å²) in [6, 6.07) is 9.37. The van der Waals surface area contributed by atoms with Gasteiger partial charge in [0.1, 0.15) is 11.5 Å². The lowest BCUT2D eigenvalue weighted by Crippen LogP contribution is -2.14. The molecule has 0 saturated heterocycles. The third-order valence-electron chi connectivity index (χ3n) is 3.58. The molecule has 0 bridgehead atoms. The Morgan fingerprint density at radius 2 is 2.12 bits per heavy atom. The van der Waals surface area contributed by atoms with Crippen LogP contribution in [-0.4, -0.2) is 11.5 Å². The molecule has 0 fully saturated rings. The van der Waals surface area contributed by atoms with E-state index in [0.717, 1.165) is 18.7 Å². The van der Waals surface area contributed by atoms with Crippen molar-refractivity contribution in [2.24, 2.45) is 5.73 Å². The first-order valence-corrected chi connectivity index (χ1v) is 8.55. The lowest BCUT2D eigenvalue weighted by molar-refractivity contribution is 0.480. The Labute approximate surface area is 148 Å². The molecular formula is C19H24ClN3O. The number of rotatable bonds is 9. The molecule has 4 nitrogen and oxygen atoms in total. The Bertz CT molecular complexity index is 671. The summed E-state index contributed by atoms with van der Waals surface area (Å²) in [6.07, 6.45) is 5.29. The van der Waals surface area contributed by atoms with Crippen LogP contribution in [0.3, 0.4) is 0 Å². The maximum absolute atomic E-state index is 6.32. The topological polar surface area (TPSA) is 60.2 Å². The number of ether oxygens (including phenoxy) is 1. The number of nitrogens with zero attached hydrogens (tertiary/aromatic N) is 1. The molecule has 1 aromatic carbocycles. The third kappa shape index (κ3) is 5.55. The van der Waals surface area contributed by atoms with Crippen molar-refractivity contribution in [2.75, 3.05) is 6.54 Å². The molecule has 2 rings (SSSR count). The van der Waals surface area contributed by atoms with Crippen molar-refractivity contribution in [3.8, 4) is 11.5 Å². The van der Waals surface area contributed by atoms with Crippen LogP contribution >= 0.6 is 11.6 Å². The molecule has 1 heterocycles. The van der Waals surface area contributed by atoms with Gasteiger partial charge in [0.05, 0.1) is 22.6 Å². The minimum Gasteiger partial charge on any atom is -0.454 e. The van der Waals surface area contributed by atoms with E-state index in [2.05, 4.69) is 23.8 Å². The zero-order valence-electron chi connectivity index (χ0n) is 14.0. The first-order chi connectivity index (χ1) is 11.6. The highest BCUT2D eigenvalue weighted by Gasteiger charge is 2.06. The van der Waals surface area contributed by atoms with Crippen molar-refractivity contribution in [1.82, 2.24) is 10.3 Å². The van der Waals surface area contributed by atoms with Gasteiger partial charge in [-0.05, 0) is 42.8 Å². The van der Waals surface area contributed by atoms with Gasteiger partial charge in [-0.3, -0.25) is 4.98 Å². The van der Waals surface area contributed by atoms with Gasteiger partial charge < -0.3 is 15.8 Å². The smallest absolute Gasteiger partial charge is 0.146 e. The average Bonchev–Trinajstić information content (AvgIpc) is 2.57. The number of halogens is 1. The number of hydrogen-bond acceptors (Lipinski definition) is 4. The Kier molecular flexibility index (Phi) is 7.09. The molecule has 2 aromatic rings. The van der Waals surface area contributed by atoms with Crippen molar-refractivity contribution in [1.29, 1.82) is 0 Å². The minimum absolute atomic E-state index is 0.426. The summed E-state index contributed by atoms with van der Waals surface area (Å²) in [5.74, 6) is 1.21. The predicted molar refractivity (Wildman–Crippen MR) is 100 cm³/mol. The summed E-state index contributed by atoms with van der Waals surface area (Å²) in [4.78, 5) is 4.18. The van der Waals surface area contributed by atoms with Crippen molar-refractivity contribution in [3.63, 3.8) is 0 Å². The van der Waals surface area contributed by atoms with E-state index in [9.17, 15) is 0 Å². The lowest BCUT2D eigenvalue weighted by Gasteiger charge is -2.10. The molecule has 0 unspecified atom stereocenters. The molecule has 1 aromatic heterocycles. The van der Waals surface area contributed by atoms with Gasteiger partial charge in [0.25, 0.3) is 0 Å². The van der Waals surface area contributed by atoms with E-state index in [0.29, 0.717) is 27.9 Å². The number of hydrogen-bond donors (Lipinski definition) is 2. The molecule has 0 radical (unpaired) electrons. The molecule has 0 aliphatic carbocycles. The molecule has 0 aliphatic rings. The Morgan fingerprint density at radius 1 is 1.29 bits per heavy atom. The maximum atomic E-state index is 6.32. The van der Waals surface area contributed by atoms with Crippen molar-refractivity contribution in [3.05, 3.63) is 59.4 Å². The van der Waals surface area contributed by atoms with E-state index in [1.165, 1.54) is 19.3 Å². The monoisotopic (exact) mass is 345 g/mol. The van der Waals surface area contributed by atoms with Gasteiger partial charge in [-0.15, -0.1) is 0 Å². The van der Waals surface area contributed by atoms with Crippen LogP contribution in [0.25, 0.3) is 5.70 Å². The predicted octanol–water partition coefficient (Wildman–Crippen LogP) is 4.74. The third-order valence-corrected chi connectivity index (χ3v) is 3.87. The number of nitrogens with two attached hydrogens (primary N) is 1. The highest BCUT2D eigenvalue weighted by Crippen LogP contribution is 2.30. The zero-order valence-corrected chi connectivity index (χ0v) is 14.8. The number of pyridine rings is 1.